The van der Waals surface area contributed by atoms with Gasteiger partial charge in [0.1, 0.15) is 11.6 Å². The van der Waals surface area contributed by atoms with Crippen LogP contribution in [0.4, 0.5) is 8.78 Å². The fourth-order valence-corrected chi connectivity index (χ4v) is 2.60. The fourth-order valence-electron chi connectivity index (χ4n) is 1.85. The van der Waals surface area contributed by atoms with Gasteiger partial charge in [-0.2, -0.15) is 0 Å². The van der Waals surface area contributed by atoms with Gasteiger partial charge in [-0.1, -0.05) is 6.07 Å². The zero-order valence-electron chi connectivity index (χ0n) is 9.77. The van der Waals surface area contributed by atoms with Gasteiger partial charge in [-0.15, -0.1) is 11.3 Å². The van der Waals surface area contributed by atoms with Crippen LogP contribution in [0.2, 0.25) is 0 Å². The molecule has 0 bridgehead atoms. The highest BCUT2D eigenvalue weighted by Crippen LogP contribution is 2.23. The molecule has 2 rings (SSSR count). The van der Waals surface area contributed by atoms with Crippen molar-refractivity contribution in [3.63, 3.8) is 0 Å². The van der Waals surface area contributed by atoms with Crippen molar-refractivity contribution in [2.45, 2.75) is 25.4 Å². The van der Waals surface area contributed by atoms with Crippen LogP contribution in [0, 0.1) is 11.6 Å². The van der Waals surface area contributed by atoms with E-state index < -0.39 is 17.7 Å². The largest absolute Gasteiger partial charge is 0.388 e. The molecule has 1 atom stereocenters. The standard InChI is InChI=1S/C14H14F2OS/c15-10-6-7-13(16)12(9-10)14(17)5-1-3-11-4-2-8-18-11/h2,4,6-9,14,17H,1,3,5H2. The first-order valence-corrected chi connectivity index (χ1v) is 6.70. The average Bonchev–Trinajstić information content (AvgIpc) is 2.85. The van der Waals surface area contributed by atoms with Crippen molar-refractivity contribution < 1.29 is 13.9 Å². The third-order valence-corrected chi connectivity index (χ3v) is 3.73. The van der Waals surface area contributed by atoms with Crippen LogP contribution < -0.4 is 0 Å². The molecule has 0 amide bonds. The smallest absolute Gasteiger partial charge is 0.129 e. The summed E-state index contributed by atoms with van der Waals surface area (Å²) in [6, 6.07) is 7.16. The summed E-state index contributed by atoms with van der Waals surface area (Å²) >= 11 is 1.66. The first-order valence-electron chi connectivity index (χ1n) is 5.82. The number of aryl methyl sites for hydroxylation is 1. The zero-order valence-corrected chi connectivity index (χ0v) is 10.6. The Hall–Kier alpha value is -1.26. The Balaban J connectivity index is 1.91. The van der Waals surface area contributed by atoms with E-state index in [4.69, 9.17) is 0 Å². The summed E-state index contributed by atoms with van der Waals surface area (Å²) < 4.78 is 26.4. The maximum Gasteiger partial charge on any atom is 0.129 e. The minimum atomic E-state index is -0.944. The minimum Gasteiger partial charge on any atom is -0.388 e. The van der Waals surface area contributed by atoms with Crippen LogP contribution in [0.1, 0.15) is 29.4 Å². The van der Waals surface area contributed by atoms with Crippen LogP contribution in [0.15, 0.2) is 35.7 Å². The Morgan fingerprint density at radius 1 is 1.22 bits per heavy atom. The summed E-state index contributed by atoms with van der Waals surface area (Å²) in [4.78, 5) is 1.24. The van der Waals surface area contributed by atoms with Crippen LogP contribution in [-0.4, -0.2) is 5.11 Å². The van der Waals surface area contributed by atoms with Crippen molar-refractivity contribution in [2.75, 3.05) is 0 Å². The molecule has 1 heterocycles. The van der Waals surface area contributed by atoms with Crippen LogP contribution in [-0.2, 0) is 6.42 Å². The van der Waals surface area contributed by atoms with Crippen molar-refractivity contribution in [2.24, 2.45) is 0 Å². The maximum atomic E-state index is 13.4. The molecule has 1 aromatic heterocycles. The highest BCUT2D eigenvalue weighted by atomic mass is 32.1. The topological polar surface area (TPSA) is 20.2 Å². The van der Waals surface area contributed by atoms with E-state index in [1.165, 1.54) is 4.88 Å². The molecule has 1 aromatic carbocycles. The van der Waals surface area contributed by atoms with Gasteiger partial charge < -0.3 is 5.11 Å². The van der Waals surface area contributed by atoms with Crippen molar-refractivity contribution in [3.05, 3.63) is 57.8 Å². The molecule has 4 heteroatoms. The second-order valence-corrected chi connectivity index (χ2v) is 5.19. The lowest BCUT2D eigenvalue weighted by molar-refractivity contribution is 0.159. The molecule has 0 saturated carbocycles. The van der Waals surface area contributed by atoms with E-state index in [0.717, 1.165) is 31.0 Å². The molecular formula is C14H14F2OS. The molecule has 0 radical (unpaired) electrons. The number of aliphatic hydroxyl groups excluding tert-OH is 1. The van der Waals surface area contributed by atoms with E-state index in [-0.39, 0.29) is 5.56 Å². The van der Waals surface area contributed by atoms with Gasteiger partial charge in [0.05, 0.1) is 6.10 Å². The Bertz CT molecular complexity index is 497. The first-order chi connectivity index (χ1) is 8.66. The number of hydrogen-bond donors (Lipinski definition) is 1. The Kier molecular flexibility index (Phi) is 4.44. The molecule has 1 nitrogen and oxygen atoms in total. The van der Waals surface area contributed by atoms with Gasteiger partial charge in [-0.3, -0.25) is 0 Å². The molecular weight excluding hydrogens is 254 g/mol. The van der Waals surface area contributed by atoms with Crippen molar-refractivity contribution in [1.82, 2.24) is 0 Å². The highest BCUT2D eigenvalue weighted by molar-refractivity contribution is 7.09. The molecule has 1 N–H and O–H groups in total. The van der Waals surface area contributed by atoms with Crippen molar-refractivity contribution >= 4 is 11.3 Å². The van der Waals surface area contributed by atoms with E-state index in [0.29, 0.717) is 6.42 Å². The molecule has 96 valence electrons. The van der Waals surface area contributed by atoms with E-state index in [9.17, 15) is 13.9 Å². The quantitative estimate of drug-likeness (QED) is 0.866. The summed E-state index contributed by atoms with van der Waals surface area (Å²) in [5.41, 5.74) is 0.0428. The Morgan fingerprint density at radius 2 is 2.06 bits per heavy atom. The number of halogens is 2. The van der Waals surface area contributed by atoms with Crippen molar-refractivity contribution in [3.8, 4) is 0 Å². The first kappa shape index (κ1) is 13.2. The van der Waals surface area contributed by atoms with E-state index in [1.54, 1.807) is 11.3 Å². The molecule has 2 aromatic rings. The number of rotatable bonds is 5. The lowest BCUT2D eigenvalue weighted by Gasteiger charge is -2.11. The number of benzene rings is 1. The summed E-state index contributed by atoms with van der Waals surface area (Å²) in [7, 11) is 0. The zero-order chi connectivity index (χ0) is 13.0. The SMILES string of the molecule is OC(CCCc1cccs1)c1cc(F)ccc1F. The van der Waals surface area contributed by atoms with Gasteiger partial charge in [0, 0.05) is 10.4 Å². The lowest BCUT2D eigenvalue weighted by Crippen LogP contribution is -2.02. The fraction of sp³-hybridized carbons (Fsp3) is 0.286. The summed E-state index contributed by atoms with van der Waals surface area (Å²) in [6.07, 6.45) is 1.09. The van der Waals surface area contributed by atoms with E-state index in [2.05, 4.69) is 0 Å². The van der Waals surface area contributed by atoms with Crippen LogP contribution in [0.3, 0.4) is 0 Å². The monoisotopic (exact) mass is 268 g/mol. The molecule has 0 spiro atoms. The van der Waals surface area contributed by atoms with Gasteiger partial charge in [-0.05, 0) is 48.9 Å². The average molecular weight is 268 g/mol. The molecule has 1 unspecified atom stereocenters. The number of thiophene rings is 1. The third kappa shape index (κ3) is 3.37. The predicted molar refractivity (Wildman–Crippen MR) is 68.6 cm³/mol. The second kappa shape index (κ2) is 6.07. The molecule has 0 fully saturated rings. The van der Waals surface area contributed by atoms with E-state index >= 15 is 0 Å². The lowest BCUT2D eigenvalue weighted by atomic mass is 10.0. The molecule has 0 aliphatic carbocycles. The van der Waals surface area contributed by atoms with Gasteiger partial charge in [0.2, 0.25) is 0 Å². The molecule has 0 aliphatic heterocycles. The third-order valence-electron chi connectivity index (χ3n) is 2.80. The van der Waals surface area contributed by atoms with Crippen LogP contribution in [0.25, 0.3) is 0 Å². The summed E-state index contributed by atoms with van der Waals surface area (Å²) in [5, 5.41) is 11.8. The van der Waals surface area contributed by atoms with Gasteiger partial charge in [0.15, 0.2) is 0 Å². The maximum absolute atomic E-state index is 13.4. The second-order valence-electron chi connectivity index (χ2n) is 4.15. The Labute approximate surface area is 109 Å². The van der Waals surface area contributed by atoms with Crippen LogP contribution in [0.5, 0.6) is 0 Å². The number of hydrogen-bond acceptors (Lipinski definition) is 2. The van der Waals surface area contributed by atoms with Gasteiger partial charge in [-0.25, -0.2) is 8.78 Å². The predicted octanol–water partition coefficient (Wildman–Crippen LogP) is 4.08. The Morgan fingerprint density at radius 3 is 2.78 bits per heavy atom. The molecule has 18 heavy (non-hydrogen) atoms. The van der Waals surface area contributed by atoms with Crippen LogP contribution >= 0.6 is 11.3 Å². The number of aliphatic hydroxyl groups is 1. The highest BCUT2D eigenvalue weighted by Gasteiger charge is 2.13. The summed E-state index contributed by atoms with van der Waals surface area (Å²) in [6.45, 7) is 0. The molecule has 0 aliphatic rings. The van der Waals surface area contributed by atoms with Crippen molar-refractivity contribution in [1.29, 1.82) is 0 Å². The van der Waals surface area contributed by atoms with Gasteiger partial charge >= 0.3 is 0 Å². The summed E-state index contributed by atoms with van der Waals surface area (Å²) in [5.74, 6) is -1.08. The molecule has 0 saturated heterocycles. The van der Waals surface area contributed by atoms with Gasteiger partial charge in [0.25, 0.3) is 0 Å². The normalized spacial score (nSPS) is 12.6. The minimum absolute atomic E-state index is 0.0428. The van der Waals surface area contributed by atoms with E-state index in [1.807, 2.05) is 17.5 Å².